The number of amides is 1. The minimum absolute atomic E-state index is 0.00212. The molecule has 0 aliphatic rings. The van der Waals surface area contributed by atoms with Gasteiger partial charge in [0.05, 0.1) is 16.1 Å². The van der Waals surface area contributed by atoms with Crippen LogP contribution in [0.2, 0.25) is 0 Å². The molecule has 1 amide bonds. The molecule has 0 heterocycles. The summed E-state index contributed by atoms with van der Waals surface area (Å²) in [5.74, 6) is -2.09. The zero-order valence-corrected chi connectivity index (χ0v) is 23.7. The summed E-state index contributed by atoms with van der Waals surface area (Å²) in [6.07, 6.45) is -1.67. The summed E-state index contributed by atoms with van der Waals surface area (Å²) in [6.45, 7) is 3.90. The third kappa shape index (κ3) is 7.51. The first-order valence-electron chi connectivity index (χ1n) is 11.1. The molecule has 0 atom stereocenters. The van der Waals surface area contributed by atoms with Crippen molar-refractivity contribution in [1.29, 1.82) is 0 Å². The van der Waals surface area contributed by atoms with Crippen LogP contribution in [0.4, 0.5) is 30.6 Å². The second-order valence-corrected chi connectivity index (χ2v) is 11.9. The number of nitro groups is 1. The topological polar surface area (TPSA) is 151 Å². The number of benzene rings is 3. The first-order valence-corrected chi connectivity index (χ1v) is 13.6. The van der Waals surface area contributed by atoms with Crippen molar-refractivity contribution in [3.63, 3.8) is 0 Å². The maximum absolute atomic E-state index is 14.4. The summed E-state index contributed by atoms with van der Waals surface area (Å²) >= 11 is 1.89. The number of nitrogens with one attached hydrogen (secondary N) is 2. The Hall–Kier alpha value is -3.57. The lowest BCUT2D eigenvalue weighted by molar-refractivity contribution is -0.384. The molecule has 11 nitrogen and oxygen atoms in total. The Balaban J connectivity index is 1.89. The van der Waals surface area contributed by atoms with Gasteiger partial charge in [0.2, 0.25) is 5.75 Å². The van der Waals surface area contributed by atoms with Crippen LogP contribution in [0, 0.1) is 25.3 Å². The van der Waals surface area contributed by atoms with Crippen LogP contribution in [0.5, 0.6) is 11.5 Å². The van der Waals surface area contributed by atoms with E-state index in [-0.39, 0.29) is 28.0 Å². The lowest BCUT2D eigenvalue weighted by Crippen LogP contribution is -2.53. The van der Waals surface area contributed by atoms with E-state index in [1.807, 2.05) is 22.6 Å². The monoisotopic (exact) mass is 676 g/mol. The van der Waals surface area contributed by atoms with E-state index >= 15 is 0 Å². The van der Waals surface area contributed by atoms with Gasteiger partial charge in [0.1, 0.15) is 23.1 Å². The average molecular weight is 676 g/mol. The van der Waals surface area contributed by atoms with Crippen molar-refractivity contribution in [1.82, 2.24) is 9.03 Å². The van der Waals surface area contributed by atoms with Gasteiger partial charge in [-0.05, 0) is 79.3 Å². The summed E-state index contributed by atoms with van der Waals surface area (Å²) in [5, 5.41) is 23.8. The zero-order valence-electron chi connectivity index (χ0n) is 20.7. The molecular formula is C24H23F2IN4O7S. The molecule has 0 bridgehead atoms. The molecule has 0 aromatic heterocycles. The van der Waals surface area contributed by atoms with Gasteiger partial charge in [0.15, 0.2) is 0 Å². The van der Waals surface area contributed by atoms with E-state index in [2.05, 4.69) is 10.0 Å². The number of ether oxygens (including phenoxy) is 1. The Kier molecular flexibility index (Phi) is 8.97. The highest BCUT2D eigenvalue weighted by molar-refractivity contribution is 14.1. The molecule has 3 aromatic carbocycles. The molecule has 3 N–H and O–H groups in total. The number of rotatable bonds is 9. The van der Waals surface area contributed by atoms with Crippen LogP contribution < -0.4 is 14.8 Å². The fourth-order valence-electron chi connectivity index (χ4n) is 3.51. The fourth-order valence-corrected chi connectivity index (χ4v) is 5.36. The molecular weight excluding hydrogens is 653 g/mol. The van der Waals surface area contributed by atoms with Crippen molar-refractivity contribution in [3.8, 4) is 11.5 Å². The summed E-state index contributed by atoms with van der Waals surface area (Å²) < 4.78 is 62.6. The molecule has 39 heavy (non-hydrogen) atoms. The van der Waals surface area contributed by atoms with Gasteiger partial charge in [-0.15, -0.1) is 0 Å². The van der Waals surface area contributed by atoms with E-state index in [0.29, 0.717) is 9.13 Å². The average Bonchev–Trinajstić information content (AvgIpc) is 2.78. The maximum atomic E-state index is 14.4. The second kappa shape index (κ2) is 11.7. The predicted octanol–water partition coefficient (Wildman–Crippen LogP) is 6.13. The van der Waals surface area contributed by atoms with Gasteiger partial charge in [-0.2, -0.15) is 17.4 Å². The molecule has 0 unspecified atom stereocenters. The lowest BCUT2D eigenvalue weighted by Gasteiger charge is -2.31. The Morgan fingerprint density at radius 2 is 1.82 bits per heavy atom. The normalized spacial score (nSPS) is 11.6. The van der Waals surface area contributed by atoms with Crippen LogP contribution in [0.3, 0.4) is 0 Å². The number of hydrogen-bond acceptors (Lipinski definition) is 7. The van der Waals surface area contributed by atoms with Gasteiger partial charge in [0, 0.05) is 22.2 Å². The molecule has 0 saturated carbocycles. The van der Waals surface area contributed by atoms with E-state index in [4.69, 9.17) is 4.74 Å². The molecule has 3 rings (SSSR count). The molecule has 0 saturated heterocycles. The van der Waals surface area contributed by atoms with Gasteiger partial charge >= 0.3 is 22.0 Å². The largest absolute Gasteiger partial charge is 0.464 e. The second-order valence-electron chi connectivity index (χ2n) is 9.10. The number of halogens is 3. The molecule has 0 aliphatic carbocycles. The zero-order chi connectivity index (χ0) is 29.1. The van der Waals surface area contributed by atoms with Crippen molar-refractivity contribution in [2.75, 3.05) is 5.32 Å². The molecule has 0 spiro atoms. The van der Waals surface area contributed by atoms with Crippen molar-refractivity contribution < 1.29 is 36.8 Å². The van der Waals surface area contributed by atoms with Crippen molar-refractivity contribution >= 4 is 56.0 Å². The first kappa shape index (κ1) is 30.0. The first-order chi connectivity index (χ1) is 18.1. The van der Waals surface area contributed by atoms with E-state index in [0.717, 1.165) is 12.1 Å². The highest BCUT2D eigenvalue weighted by Gasteiger charge is 2.37. The summed E-state index contributed by atoms with van der Waals surface area (Å²) in [4.78, 5) is 22.6. The summed E-state index contributed by atoms with van der Waals surface area (Å²) in [5.41, 5.74) is -2.08. The Labute approximate surface area is 236 Å². The molecule has 0 aliphatic heterocycles. The Morgan fingerprint density at radius 1 is 1.13 bits per heavy atom. The Morgan fingerprint density at radius 3 is 2.41 bits per heavy atom. The number of anilines is 2. The van der Waals surface area contributed by atoms with Crippen molar-refractivity contribution in [2.45, 2.75) is 32.9 Å². The molecule has 15 heteroatoms. The SMILES string of the molecule is CC(C)(C)N(C(=O)O)S(=O)(=O)NCc1cccc(Oc2cc(F)cc(Nc3ccc(I)cc3F)c2[N+](=O)[O-])c1. The number of carbonyl (C=O) groups is 1. The van der Waals surface area contributed by atoms with Gasteiger partial charge in [0.25, 0.3) is 0 Å². The molecule has 0 fully saturated rings. The van der Waals surface area contributed by atoms with Crippen LogP contribution in [0.25, 0.3) is 0 Å². The number of nitrogens with zero attached hydrogens (tertiary/aromatic N) is 2. The van der Waals surface area contributed by atoms with Crippen LogP contribution in [-0.4, -0.2) is 34.4 Å². The smallest absolute Gasteiger partial charge is 0.422 e. The van der Waals surface area contributed by atoms with Crippen LogP contribution in [0.15, 0.2) is 54.6 Å². The minimum atomic E-state index is -4.45. The summed E-state index contributed by atoms with van der Waals surface area (Å²) in [7, 11) is -4.45. The number of nitro benzene ring substituents is 1. The fraction of sp³-hybridized carbons (Fsp3) is 0.208. The van der Waals surface area contributed by atoms with E-state index in [1.165, 1.54) is 57.2 Å². The molecule has 0 radical (unpaired) electrons. The summed E-state index contributed by atoms with van der Waals surface area (Å²) in [6, 6.07) is 11.4. The Bertz CT molecular complexity index is 1530. The highest BCUT2D eigenvalue weighted by atomic mass is 127. The lowest BCUT2D eigenvalue weighted by atomic mass is 10.1. The highest BCUT2D eigenvalue weighted by Crippen LogP contribution is 2.40. The number of carboxylic acid groups (broad SMARTS) is 1. The van der Waals surface area contributed by atoms with E-state index < -0.39 is 49.8 Å². The number of hydrogen-bond donors (Lipinski definition) is 3. The van der Waals surface area contributed by atoms with Crippen LogP contribution in [0.1, 0.15) is 26.3 Å². The van der Waals surface area contributed by atoms with Crippen LogP contribution >= 0.6 is 22.6 Å². The van der Waals surface area contributed by atoms with Gasteiger partial charge < -0.3 is 15.2 Å². The third-order valence-corrected chi connectivity index (χ3v) is 7.40. The third-order valence-electron chi connectivity index (χ3n) is 5.03. The van der Waals surface area contributed by atoms with Crippen molar-refractivity contribution in [2.24, 2.45) is 0 Å². The van der Waals surface area contributed by atoms with Gasteiger partial charge in [-0.1, -0.05) is 12.1 Å². The van der Waals surface area contributed by atoms with Gasteiger partial charge in [-0.25, -0.2) is 13.6 Å². The molecule has 208 valence electrons. The van der Waals surface area contributed by atoms with E-state index in [9.17, 15) is 37.2 Å². The molecule has 3 aromatic rings. The minimum Gasteiger partial charge on any atom is -0.464 e. The maximum Gasteiger partial charge on any atom is 0.422 e. The standard InChI is InChI=1S/C24H23F2IN4O7S/c1-24(2,3)30(23(32)33)39(36,37)28-13-14-5-4-6-17(9-14)38-21-11-15(25)10-20(22(21)31(34)35)29-19-8-7-16(27)12-18(19)26/h4-12,28-29H,13H2,1-3H3,(H,32,33). The quantitative estimate of drug-likeness (QED) is 0.139. The van der Waals surface area contributed by atoms with Gasteiger partial charge in [-0.3, -0.25) is 10.1 Å². The van der Waals surface area contributed by atoms with E-state index in [1.54, 1.807) is 6.07 Å². The van der Waals surface area contributed by atoms with Crippen LogP contribution in [-0.2, 0) is 16.8 Å². The van der Waals surface area contributed by atoms with Crippen molar-refractivity contribution in [3.05, 3.63) is 85.5 Å². The predicted molar refractivity (Wildman–Crippen MR) is 147 cm³/mol.